The molecule has 2 unspecified atom stereocenters. The van der Waals surface area contributed by atoms with E-state index in [1.165, 1.54) is 41.7 Å². The second-order valence-corrected chi connectivity index (χ2v) is 16.1. The third-order valence-electron chi connectivity index (χ3n) is 9.07. The van der Waals surface area contributed by atoms with E-state index < -0.39 is 42.4 Å². The summed E-state index contributed by atoms with van der Waals surface area (Å²) >= 11 is 0. The second-order valence-electron chi connectivity index (χ2n) is 13.2. The molecule has 0 saturated carbocycles. The van der Waals surface area contributed by atoms with E-state index in [4.69, 9.17) is 28.4 Å². The van der Waals surface area contributed by atoms with Crippen LogP contribution >= 0.6 is 0 Å². The monoisotopic (exact) mass is 819 g/mol. The Kier molecular flexibility index (Phi) is 14.7. The molecule has 56 heavy (non-hydrogen) atoms. The molecule has 0 bridgehead atoms. The second kappa shape index (κ2) is 18.8. The van der Waals surface area contributed by atoms with Crippen molar-refractivity contribution in [2.45, 2.75) is 32.7 Å². The lowest BCUT2D eigenvalue weighted by molar-refractivity contribution is 0.275. The molecular weight excluding hydrogens is 769 g/mol. The molecule has 16 nitrogen and oxygen atoms in total. The van der Waals surface area contributed by atoms with Crippen LogP contribution < -0.4 is 37.8 Å². The summed E-state index contributed by atoms with van der Waals surface area (Å²) in [6.45, 7) is 4.78. The molecule has 2 N–H and O–H groups in total. The lowest BCUT2D eigenvalue weighted by atomic mass is 10.1. The van der Waals surface area contributed by atoms with E-state index in [0.717, 1.165) is 12.8 Å². The zero-order chi connectivity index (χ0) is 41.3. The van der Waals surface area contributed by atoms with Crippen molar-refractivity contribution in [1.82, 2.24) is 14.5 Å². The van der Waals surface area contributed by atoms with Gasteiger partial charge in [0, 0.05) is 24.2 Å². The predicted octanol–water partition coefficient (Wildman–Crippen LogP) is 5.60. The number of pyridine rings is 2. The van der Waals surface area contributed by atoms with Crippen LogP contribution in [-0.4, -0.2) is 116 Å². The third kappa shape index (κ3) is 10.9. The van der Waals surface area contributed by atoms with Gasteiger partial charge in [-0.15, -0.1) is 0 Å². The number of methoxy groups -OCH3 is 4. The van der Waals surface area contributed by atoms with Crippen LogP contribution in [0, 0.1) is 0 Å². The van der Waals surface area contributed by atoms with Crippen molar-refractivity contribution in [2.24, 2.45) is 0 Å². The van der Waals surface area contributed by atoms with E-state index in [1.807, 2.05) is 13.8 Å². The summed E-state index contributed by atoms with van der Waals surface area (Å²) in [5, 5.41) is 0. The molecule has 18 heteroatoms. The molecule has 0 fully saturated rings. The van der Waals surface area contributed by atoms with E-state index in [-0.39, 0.29) is 12.2 Å². The highest BCUT2D eigenvalue weighted by Crippen LogP contribution is 2.43. The largest absolute Gasteiger partial charge is 0.493 e. The first-order valence-corrected chi connectivity index (χ1v) is 20.9. The van der Waals surface area contributed by atoms with Crippen molar-refractivity contribution in [2.75, 3.05) is 78.8 Å². The van der Waals surface area contributed by atoms with Crippen molar-refractivity contribution >= 4 is 31.6 Å². The normalized spacial score (nSPS) is 13.3. The summed E-state index contributed by atoms with van der Waals surface area (Å²) in [7, 11) is -0.199. The van der Waals surface area contributed by atoms with Gasteiger partial charge in [0.1, 0.15) is 11.8 Å². The van der Waals surface area contributed by atoms with Crippen molar-refractivity contribution in [3.05, 3.63) is 60.9 Å². The Balaban J connectivity index is 1.70. The summed E-state index contributed by atoms with van der Waals surface area (Å²) < 4.78 is 104. The molecule has 0 radical (unpaired) electrons. The van der Waals surface area contributed by atoms with Gasteiger partial charge in [0.2, 0.25) is 17.4 Å². The number of rotatable bonds is 21. The molecule has 306 valence electrons. The van der Waals surface area contributed by atoms with Crippen LogP contribution in [0.4, 0.5) is 11.4 Å². The van der Waals surface area contributed by atoms with Gasteiger partial charge in [0.05, 0.1) is 84.7 Å². The molecule has 2 aromatic carbocycles. The topological polar surface area (TPSA) is 193 Å². The van der Waals surface area contributed by atoms with Gasteiger partial charge in [-0.25, -0.2) is 0 Å². The number of likely N-dealkylation sites (N-methyl/N-ethyl adjacent to an activating group) is 2. The summed E-state index contributed by atoms with van der Waals surface area (Å²) in [5.74, 6) is 0.904. The molecule has 2 atom stereocenters. The van der Waals surface area contributed by atoms with Crippen LogP contribution in [0.5, 0.6) is 34.5 Å². The number of anilines is 1. The first-order valence-electron chi connectivity index (χ1n) is 17.7. The number of hydrogen-bond acceptors (Lipinski definition) is 13. The smallest absolute Gasteiger partial charge is 0.316 e. The predicted molar refractivity (Wildman–Crippen MR) is 215 cm³/mol. The van der Waals surface area contributed by atoms with Crippen LogP contribution in [0.1, 0.15) is 26.7 Å². The number of aromatic nitrogens is 2. The fourth-order valence-electron chi connectivity index (χ4n) is 6.18. The average molecular weight is 820 g/mol. The van der Waals surface area contributed by atoms with Crippen molar-refractivity contribution in [3.8, 4) is 57.0 Å². The van der Waals surface area contributed by atoms with Gasteiger partial charge in [0.15, 0.2) is 28.7 Å². The fraction of sp³-hybridized carbons (Fsp3) is 0.421. The number of nitrogens with zero attached hydrogens (tertiary/aromatic N) is 4. The van der Waals surface area contributed by atoms with E-state index >= 15 is 0 Å². The van der Waals surface area contributed by atoms with Crippen LogP contribution in [0.15, 0.2) is 60.9 Å². The Morgan fingerprint density at radius 1 is 0.696 bits per heavy atom. The summed E-state index contributed by atoms with van der Waals surface area (Å²) in [4.78, 5) is 10.9. The number of quaternary nitrogens is 1. The van der Waals surface area contributed by atoms with Gasteiger partial charge in [0.25, 0.3) is 10.1 Å². The van der Waals surface area contributed by atoms with Crippen LogP contribution in [0.25, 0.3) is 22.5 Å². The molecule has 0 aliphatic heterocycles. The van der Waals surface area contributed by atoms with E-state index in [1.54, 1.807) is 66.7 Å². The lowest BCUT2D eigenvalue weighted by Crippen LogP contribution is -2.62. The highest BCUT2D eigenvalue weighted by atomic mass is 32.2. The maximum absolute atomic E-state index is 12.5. The molecule has 0 aliphatic carbocycles. The van der Waals surface area contributed by atoms with Crippen molar-refractivity contribution < 1.29 is 54.4 Å². The quantitative estimate of drug-likeness (QED) is 0.0779. The molecule has 4 rings (SSSR count). The van der Waals surface area contributed by atoms with Crippen LogP contribution in [0.3, 0.4) is 0 Å². The molecule has 2 heterocycles. The maximum atomic E-state index is 12.5. The van der Waals surface area contributed by atoms with E-state index in [2.05, 4.69) is 9.97 Å². The van der Waals surface area contributed by atoms with Gasteiger partial charge in [-0.2, -0.15) is 16.8 Å². The third-order valence-corrected chi connectivity index (χ3v) is 10.7. The van der Waals surface area contributed by atoms with Crippen LogP contribution in [-0.2, 0) is 20.2 Å². The Bertz CT molecular complexity index is 2100. The molecule has 0 aliphatic rings. The minimum Gasteiger partial charge on any atom is -0.493 e. The maximum Gasteiger partial charge on any atom is 0.316 e. The van der Waals surface area contributed by atoms with Crippen molar-refractivity contribution in [3.63, 3.8) is 0 Å². The number of ether oxygens (including phenoxy) is 6. The molecule has 0 spiro atoms. The average Bonchev–Trinajstić information content (AvgIpc) is 3.17. The van der Waals surface area contributed by atoms with Gasteiger partial charge >= 0.3 is 10.1 Å². The number of hydrogen-bond donors (Lipinski definition) is 2. The van der Waals surface area contributed by atoms with E-state index in [9.17, 15) is 25.9 Å². The van der Waals surface area contributed by atoms with Gasteiger partial charge in [-0.3, -0.25) is 23.6 Å². The first kappa shape index (κ1) is 43.8. The lowest BCUT2D eigenvalue weighted by Gasteiger charge is -2.41. The Hall–Kier alpha value is -4.88. The standard InChI is InChI=1S/C38H50N4O12S2/c1-9-15-53-37-33(49-5)17-26(18-34(37)50-6)31-13-11-28(21-39-31)41(3)23-30(24-55(43,44)45)42(4,25-56(46,47)48)29-12-14-32(40-22-29)27-19-35(51-7)38(54-16-10-2)36(20-27)52-8/h11-14,17-22,30H,9-10,15-16,23-25H2,1-8H3,(H-,43,44,45,46,47,48)/p+1. The summed E-state index contributed by atoms with van der Waals surface area (Å²) in [6, 6.07) is 12.6. The minimum absolute atomic E-state index is 0.104. The summed E-state index contributed by atoms with van der Waals surface area (Å²) in [6.07, 6.45) is 4.54. The van der Waals surface area contributed by atoms with E-state index in [0.29, 0.717) is 75.9 Å². The molecule has 0 amide bonds. The first-order chi connectivity index (χ1) is 26.5. The SMILES string of the molecule is CCCOc1c(OC)cc(-c2ccc(N(C)CC(CS(=O)(=O)O)[N+](C)(CS(=O)(=O)O)c3ccc(-c4cc(OC)c(OCCC)c(OC)c4)nc3)cn2)cc1OC. The molecule has 2 aromatic heterocycles. The minimum atomic E-state index is -4.72. The Morgan fingerprint density at radius 3 is 1.48 bits per heavy atom. The zero-order valence-electron chi connectivity index (χ0n) is 32.9. The number of benzene rings is 2. The van der Waals surface area contributed by atoms with Gasteiger partial charge in [-0.05, 0) is 55.3 Å². The Labute approximate surface area is 329 Å². The van der Waals surface area contributed by atoms with Crippen molar-refractivity contribution in [1.29, 1.82) is 0 Å². The molecular formula is C38H51N4O12S2+. The van der Waals surface area contributed by atoms with Crippen LogP contribution in [0.2, 0.25) is 0 Å². The molecule has 4 aromatic rings. The summed E-state index contributed by atoms with van der Waals surface area (Å²) in [5.41, 5.74) is 3.12. The highest BCUT2D eigenvalue weighted by Gasteiger charge is 2.42. The van der Waals surface area contributed by atoms with Gasteiger partial charge in [-0.1, -0.05) is 13.8 Å². The Morgan fingerprint density at radius 2 is 1.14 bits per heavy atom. The van der Waals surface area contributed by atoms with Gasteiger partial charge < -0.3 is 33.3 Å². The molecule has 0 saturated heterocycles. The zero-order valence-corrected chi connectivity index (χ0v) is 34.5. The fourth-order valence-corrected chi connectivity index (χ4v) is 8.14. The highest BCUT2D eigenvalue weighted by molar-refractivity contribution is 7.86.